The Balaban J connectivity index is 2.01. The molecule has 1 aromatic heterocycles. The molecular formula is C16H18F3N3O2. The third kappa shape index (κ3) is 5.00. The number of amides is 2. The van der Waals surface area contributed by atoms with Crippen LogP contribution in [-0.2, 0) is 13.0 Å². The molecule has 130 valence electrons. The van der Waals surface area contributed by atoms with Gasteiger partial charge in [-0.2, -0.15) is 13.2 Å². The summed E-state index contributed by atoms with van der Waals surface area (Å²) in [6, 6.07) is 7.04. The molecule has 0 saturated heterocycles. The summed E-state index contributed by atoms with van der Waals surface area (Å²) >= 11 is 0. The van der Waals surface area contributed by atoms with Crippen LogP contribution >= 0.6 is 0 Å². The van der Waals surface area contributed by atoms with Crippen LogP contribution in [0.4, 0.5) is 18.0 Å². The number of nitrogens with one attached hydrogen (secondary N) is 1. The molecule has 0 fully saturated rings. The second-order valence-electron chi connectivity index (χ2n) is 5.52. The van der Waals surface area contributed by atoms with Crippen LogP contribution in [0, 0.1) is 6.92 Å². The van der Waals surface area contributed by atoms with Gasteiger partial charge in [-0.3, -0.25) is 0 Å². The van der Waals surface area contributed by atoms with Crippen LogP contribution in [0.5, 0.6) is 0 Å². The van der Waals surface area contributed by atoms with Crippen molar-refractivity contribution in [2.75, 3.05) is 7.05 Å². The molecule has 1 aromatic carbocycles. The van der Waals surface area contributed by atoms with E-state index in [1.807, 2.05) is 5.32 Å². The van der Waals surface area contributed by atoms with E-state index in [1.54, 1.807) is 43.3 Å². The molecule has 0 aliphatic carbocycles. The molecule has 0 aliphatic rings. The van der Waals surface area contributed by atoms with Gasteiger partial charge in [0.25, 0.3) is 0 Å². The first kappa shape index (κ1) is 17.8. The Kier molecular flexibility index (Phi) is 5.48. The number of aromatic nitrogens is 1. The van der Waals surface area contributed by atoms with Gasteiger partial charge in [0, 0.05) is 19.5 Å². The van der Waals surface area contributed by atoms with Crippen molar-refractivity contribution >= 4 is 6.03 Å². The molecule has 2 aromatic rings. The van der Waals surface area contributed by atoms with Crippen LogP contribution in [0.1, 0.15) is 17.0 Å². The third-order valence-corrected chi connectivity index (χ3v) is 3.40. The zero-order valence-electron chi connectivity index (χ0n) is 13.3. The van der Waals surface area contributed by atoms with E-state index >= 15 is 0 Å². The van der Waals surface area contributed by atoms with Gasteiger partial charge in [-0.1, -0.05) is 35.5 Å². The molecule has 1 N–H and O–H groups in total. The van der Waals surface area contributed by atoms with Crippen molar-refractivity contribution in [2.24, 2.45) is 0 Å². The SMILES string of the molecule is Cc1cc(CN(C)C(=O)N[C@H](Cc2ccccc2)C(F)(F)F)no1. The van der Waals surface area contributed by atoms with Crippen LogP contribution in [0.25, 0.3) is 0 Å². The Morgan fingerprint density at radius 3 is 2.54 bits per heavy atom. The molecule has 1 heterocycles. The molecule has 0 aliphatic heterocycles. The van der Waals surface area contributed by atoms with Gasteiger partial charge >= 0.3 is 12.2 Å². The Morgan fingerprint density at radius 1 is 1.33 bits per heavy atom. The molecule has 0 radical (unpaired) electrons. The number of hydrogen-bond donors (Lipinski definition) is 1. The van der Waals surface area contributed by atoms with Gasteiger partial charge in [0.2, 0.25) is 0 Å². The molecule has 0 bridgehead atoms. The third-order valence-electron chi connectivity index (χ3n) is 3.40. The first-order chi connectivity index (χ1) is 11.3. The second kappa shape index (κ2) is 7.37. The minimum absolute atomic E-state index is 0.0547. The lowest BCUT2D eigenvalue weighted by atomic mass is 10.1. The van der Waals surface area contributed by atoms with Crippen LogP contribution in [0.15, 0.2) is 40.9 Å². The van der Waals surface area contributed by atoms with E-state index in [0.717, 1.165) is 4.90 Å². The lowest BCUT2D eigenvalue weighted by Crippen LogP contribution is -2.50. The van der Waals surface area contributed by atoms with Gasteiger partial charge in [0.1, 0.15) is 17.5 Å². The Labute approximate surface area is 137 Å². The number of nitrogens with zero attached hydrogens (tertiary/aromatic N) is 2. The molecule has 0 saturated carbocycles. The van der Waals surface area contributed by atoms with Crippen molar-refractivity contribution in [3.63, 3.8) is 0 Å². The van der Waals surface area contributed by atoms with E-state index in [-0.39, 0.29) is 13.0 Å². The van der Waals surface area contributed by atoms with Crippen LogP contribution in [0.2, 0.25) is 0 Å². The van der Waals surface area contributed by atoms with Gasteiger partial charge in [0.05, 0.1) is 6.54 Å². The summed E-state index contributed by atoms with van der Waals surface area (Å²) in [7, 11) is 1.40. The molecule has 1 atom stereocenters. The van der Waals surface area contributed by atoms with Crippen molar-refractivity contribution in [1.82, 2.24) is 15.4 Å². The molecular weight excluding hydrogens is 323 g/mol. The fourth-order valence-electron chi connectivity index (χ4n) is 2.16. The molecule has 5 nitrogen and oxygen atoms in total. The first-order valence-electron chi connectivity index (χ1n) is 7.30. The van der Waals surface area contributed by atoms with Gasteiger partial charge in [-0.05, 0) is 12.5 Å². The van der Waals surface area contributed by atoms with Gasteiger partial charge in [0.15, 0.2) is 0 Å². The van der Waals surface area contributed by atoms with E-state index in [4.69, 9.17) is 4.52 Å². The molecule has 2 amide bonds. The number of urea groups is 1. The summed E-state index contributed by atoms with van der Waals surface area (Å²) in [6.07, 6.45) is -4.87. The molecule has 2 rings (SSSR count). The average Bonchev–Trinajstić information content (AvgIpc) is 2.91. The maximum Gasteiger partial charge on any atom is 0.408 e. The maximum absolute atomic E-state index is 13.2. The van der Waals surface area contributed by atoms with Crippen LogP contribution in [-0.4, -0.2) is 35.4 Å². The van der Waals surface area contributed by atoms with Gasteiger partial charge < -0.3 is 14.7 Å². The number of carbonyl (C=O) groups is 1. The average molecular weight is 341 g/mol. The smallest absolute Gasteiger partial charge is 0.361 e. The van der Waals surface area contributed by atoms with Gasteiger partial charge in [-0.25, -0.2) is 4.79 Å². The minimum atomic E-state index is -4.54. The number of hydrogen-bond acceptors (Lipinski definition) is 3. The van der Waals surface area contributed by atoms with E-state index in [2.05, 4.69) is 5.16 Å². The van der Waals surface area contributed by atoms with Crippen molar-refractivity contribution in [2.45, 2.75) is 32.1 Å². The summed E-state index contributed by atoms with van der Waals surface area (Å²) in [5, 5.41) is 5.75. The highest BCUT2D eigenvalue weighted by Gasteiger charge is 2.41. The number of carbonyl (C=O) groups excluding carboxylic acids is 1. The van der Waals surface area contributed by atoms with Gasteiger partial charge in [-0.15, -0.1) is 0 Å². The number of rotatable bonds is 5. The van der Waals surface area contributed by atoms with E-state index < -0.39 is 18.2 Å². The lowest BCUT2D eigenvalue weighted by Gasteiger charge is -2.25. The fourth-order valence-corrected chi connectivity index (χ4v) is 2.16. The summed E-state index contributed by atoms with van der Waals surface area (Å²) in [4.78, 5) is 13.2. The molecule has 0 spiro atoms. The van der Waals surface area contributed by atoms with E-state index in [0.29, 0.717) is 17.0 Å². The zero-order chi connectivity index (χ0) is 17.7. The lowest BCUT2D eigenvalue weighted by molar-refractivity contribution is -0.153. The molecule has 0 unspecified atom stereocenters. The maximum atomic E-state index is 13.2. The summed E-state index contributed by atoms with van der Waals surface area (Å²) < 4.78 is 44.5. The fraction of sp³-hybridized carbons (Fsp3) is 0.375. The zero-order valence-corrected chi connectivity index (χ0v) is 13.3. The standard InChI is InChI=1S/C16H18F3N3O2/c1-11-8-13(21-24-11)10-22(2)15(23)20-14(16(17,18)19)9-12-6-4-3-5-7-12/h3-8,14H,9-10H2,1-2H3,(H,20,23)/t14-/m1/s1. The quantitative estimate of drug-likeness (QED) is 0.908. The van der Waals surface area contributed by atoms with Crippen molar-refractivity contribution in [1.29, 1.82) is 0 Å². The highest BCUT2D eigenvalue weighted by Crippen LogP contribution is 2.23. The highest BCUT2D eigenvalue weighted by atomic mass is 19.4. The highest BCUT2D eigenvalue weighted by molar-refractivity contribution is 5.74. The normalized spacial score (nSPS) is 12.7. The van der Waals surface area contributed by atoms with E-state index in [1.165, 1.54) is 7.05 Å². The topological polar surface area (TPSA) is 58.4 Å². The summed E-state index contributed by atoms with van der Waals surface area (Å²) in [5.41, 5.74) is 0.965. The molecule has 8 heteroatoms. The van der Waals surface area contributed by atoms with E-state index in [9.17, 15) is 18.0 Å². The predicted octanol–water partition coefficient (Wildman–Crippen LogP) is 3.30. The summed E-state index contributed by atoms with van der Waals surface area (Å²) in [5.74, 6) is 0.566. The first-order valence-corrected chi connectivity index (χ1v) is 7.30. The number of aryl methyl sites for hydroxylation is 1. The van der Waals surface area contributed by atoms with Crippen molar-refractivity contribution in [3.8, 4) is 0 Å². The monoisotopic (exact) mass is 341 g/mol. The van der Waals surface area contributed by atoms with Crippen molar-refractivity contribution in [3.05, 3.63) is 53.4 Å². The number of benzene rings is 1. The van der Waals surface area contributed by atoms with Crippen LogP contribution in [0.3, 0.4) is 0 Å². The number of alkyl halides is 3. The Morgan fingerprint density at radius 2 is 2.00 bits per heavy atom. The molecule has 24 heavy (non-hydrogen) atoms. The van der Waals surface area contributed by atoms with Crippen molar-refractivity contribution < 1.29 is 22.5 Å². The minimum Gasteiger partial charge on any atom is -0.361 e. The largest absolute Gasteiger partial charge is 0.408 e. The Bertz CT molecular complexity index is 671. The number of halogens is 3. The second-order valence-corrected chi connectivity index (χ2v) is 5.52. The summed E-state index contributed by atoms with van der Waals surface area (Å²) in [6.45, 7) is 1.75. The Hall–Kier alpha value is -2.51. The van der Waals surface area contributed by atoms with Crippen LogP contribution < -0.4 is 5.32 Å². The predicted molar refractivity (Wildman–Crippen MR) is 81.2 cm³/mol.